The van der Waals surface area contributed by atoms with E-state index < -0.39 is 0 Å². The Bertz CT molecular complexity index is 355. The smallest absolute Gasteiger partial charge is 0.223 e. The van der Waals surface area contributed by atoms with Crippen molar-refractivity contribution in [1.82, 2.24) is 4.90 Å². The number of benzene rings is 1. The van der Waals surface area contributed by atoms with E-state index in [1.807, 2.05) is 24.3 Å². The van der Waals surface area contributed by atoms with Gasteiger partial charge >= 0.3 is 0 Å². The molecule has 2 N–H and O–H groups in total. The van der Waals surface area contributed by atoms with Gasteiger partial charge in [0, 0.05) is 31.6 Å². The van der Waals surface area contributed by atoms with Gasteiger partial charge in [0.1, 0.15) is 0 Å². The molecule has 0 unspecified atom stereocenters. The van der Waals surface area contributed by atoms with Gasteiger partial charge in [-0.2, -0.15) is 0 Å². The minimum Gasteiger partial charge on any atom is -0.345 e. The second-order valence-corrected chi connectivity index (χ2v) is 4.17. The first-order valence-corrected chi connectivity index (χ1v) is 5.69. The minimum absolute atomic E-state index is 0.0875. The lowest BCUT2D eigenvalue weighted by atomic mass is 10.1. The lowest BCUT2D eigenvalue weighted by molar-refractivity contribution is -0.129. The number of amides is 1. The summed E-state index contributed by atoms with van der Waals surface area (Å²) in [5.41, 5.74) is 6.47. The van der Waals surface area contributed by atoms with Gasteiger partial charge in [0.2, 0.25) is 5.91 Å². The summed E-state index contributed by atoms with van der Waals surface area (Å²) in [6, 6.07) is 7.68. The molecule has 3 nitrogen and oxygen atoms in total. The molecule has 0 aliphatic rings. The zero-order valence-corrected chi connectivity index (χ0v) is 10.2. The lowest BCUT2D eigenvalue weighted by Gasteiger charge is -2.16. The average Bonchev–Trinajstić information content (AvgIpc) is 2.26. The standard InChI is InChI=1S/C12H17ClN2O/c1-15(12(16)5-7-14)8-6-10-3-2-4-11(13)9-10/h2-4,9H,5-8,14H2,1H3. The fourth-order valence-electron chi connectivity index (χ4n) is 1.43. The highest BCUT2D eigenvalue weighted by Gasteiger charge is 2.06. The van der Waals surface area contributed by atoms with Crippen LogP contribution in [0.1, 0.15) is 12.0 Å². The van der Waals surface area contributed by atoms with E-state index in [0.29, 0.717) is 19.5 Å². The SMILES string of the molecule is CN(CCc1cccc(Cl)c1)C(=O)CCN. The fraction of sp³-hybridized carbons (Fsp3) is 0.417. The molecule has 1 rings (SSSR count). The maximum absolute atomic E-state index is 11.5. The molecule has 16 heavy (non-hydrogen) atoms. The third-order valence-electron chi connectivity index (χ3n) is 2.41. The van der Waals surface area contributed by atoms with Crippen LogP contribution in [-0.2, 0) is 11.2 Å². The maximum atomic E-state index is 11.5. The summed E-state index contributed by atoms with van der Waals surface area (Å²) in [6.45, 7) is 1.10. The van der Waals surface area contributed by atoms with Crippen LogP contribution in [0.25, 0.3) is 0 Å². The number of carbonyl (C=O) groups is 1. The van der Waals surface area contributed by atoms with Crippen LogP contribution in [0.5, 0.6) is 0 Å². The first kappa shape index (κ1) is 13.0. The molecule has 0 bridgehead atoms. The van der Waals surface area contributed by atoms with E-state index in [2.05, 4.69) is 0 Å². The Morgan fingerprint density at radius 3 is 2.88 bits per heavy atom. The number of hydrogen-bond acceptors (Lipinski definition) is 2. The Labute approximate surface area is 101 Å². The molecular formula is C12H17ClN2O. The Balaban J connectivity index is 2.42. The summed E-state index contributed by atoms with van der Waals surface area (Å²) in [7, 11) is 1.79. The number of halogens is 1. The summed E-state index contributed by atoms with van der Waals surface area (Å²) in [6.07, 6.45) is 1.22. The molecule has 1 aromatic rings. The zero-order chi connectivity index (χ0) is 12.0. The topological polar surface area (TPSA) is 46.3 Å². The second-order valence-electron chi connectivity index (χ2n) is 3.73. The molecule has 0 atom stereocenters. The van der Waals surface area contributed by atoms with Gasteiger partial charge in [-0.25, -0.2) is 0 Å². The molecule has 0 saturated carbocycles. The molecule has 0 aromatic heterocycles. The highest BCUT2D eigenvalue weighted by Crippen LogP contribution is 2.11. The largest absolute Gasteiger partial charge is 0.345 e. The van der Waals surface area contributed by atoms with Gasteiger partial charge in [-0.05, 0) is 24.1 Å². The number of carbonyl (C=O) groups excluding carboxylic acids is 1. The van der Waals surface area contributed by atoms with E-state index in [-0.39, 0.29) is 5.91 Å². The Morgan fingerprint density at radius 2 is 2.25 bits per heavy atom. The molecule has 0 saturated heterocycles. The van der Waals surface area contributed by atoms with Crippen molar-refractivity contribution in [1.29, 1.82) is 0 Å². The number of nitrogens with two attached hydrogens (primary N) is 1. The molecule has 0 spiro atoms. The van der Waals surface area contributed by atoms with Crippen molar-refractivity contribution in [2.24, 2.45) is 5.73 Å². The van der Waals surface area contributed by atoms with Crippen LogP contribution in [0.2, 0.25) is 5.02 Å². The lowest BCUT2D eigenvalue weighted by Crippen LogP contribution is -2.30. The second kappa shape index (κ2) is 6.51. The monoisotopic (exact) mass is 240 g/mol. The summed E-state index contributed by atoms with van der Waals surface area (Å²) in [5, 5.41) is 0.730. The molecule has 0 fully saturated rings. The quantitative estimate of drug-likeness (QED) is 0.852. The summed E-state index contributed by atoms with van der Waals surface area (Å²) >= 11 is 5.88. The first-order valence-electron chi connectivity index (χ1n) is 5.32. The fourth-order valence-corrected chi connectivity index (χ4v) is 1.64. The van der Waals surface area contributed by atoms with E-state index in [4.69, 9.17) is 17.3 Å². The number of rotatable bonds is 5. The van der Waals surface area contributed by atoms with Gasteiger partial charge in [-0.15, -0.1) is 0 Å². The predicted octanol–water partition coefficient (Wildman–Crippen LogP) is 1.69. The van der Waals surface area contributed by atoms with Crippen LogP contribution in [-0.4, -0.2) is 30.9 Å². The molecule has 1 amide bonds. The van der Waals surface area contributed by atoms with Crippen molar-refractivity contribution in [3.63, 3.8) is 0 Å². The number of hydrogen-bond donors (Lipinski definition) is 1. The summed E-state index contributed by atoms with van der Waals surface area (Å²) in [5.74, 6) is 0.0875. The van der Waals surface area contributed by atoms with Crippen molar-refractivity contribution in [2.75, 3.05) is 20.1 Å². The van der Waals surface area contributed by atoms with E-state index in [9.17, 15) is 4.79 Å². The molecule has 88 valence electrons. The molecule has 1 aromatic carbocycles. The minimum atomic E-state index is 0.0875. The van der Waals surface area contributed by atoms with Crippen LogP contribution in [0.3, 0.4) is 0 Å². The van der Waals surface area contributed by atoms with Crippen LogP contribution in [0, 0.1) is 0 Å². The van der Waals surface area contributed by atoms with Gasteiger partial charge in [-0.1, -0.05) is 23.7 Å². The Kier molecular flexibility index (Phi) is 5.29. The van der Waals surface area contributed by atoms with Crippen LogP contribution < -0.4 is 5.73 Å². The number of likely N-dealkylation sites (N-methyl/N-ethyl adjacent to an activating group) is 1. The summed E-state index contributed by atoms with van der Waals surface area (Å²) in [4.78, 5) is 13.2. The van der Waals surface area contributed by atoms with Crippen LogP contribution in [0.15, 0.2) is 24.3 Å². The molecule has 0 aliphatic heterocycles. The van der Waals surface area contributed by atoms with Gasteiger partial charge in [0.15, 0.2) is 0 Å². The van der Waals surface area contributed by atoms with E-state index >= 15 is 0 Å². The van der Waals surface area contributed by atoms with Gasteiger partial charge in [-0.3, -0.25) is 4.79 Å². The van der Waals surface area contributed by atoms with E-state index in [1.54, 1.807) is 11.9 Å². The van der Waals surface area contributed by atoms with Crippen molar-refractivity contribution in [3.05, 3.63) is 34.9 Å². The highest BCUT2D eigenvalue weighted by atomic mass is 35.5. The van der Waals surface area contributed by atoms with Gasteiger partial charge in [0.05, 0.1) is 0 Å². The third kappa shape index (κ3) is 4.21. The third-order valence-corrected chi connectivity index (χ3v) is 2.64. The normalized spacial score (nSPS) is 10.2. The molecular weight excluding hydrogens is 224 g/mol. The molecule has 4 heteroatoms. The van der Waals surface area contributed by atoms with E-state index in [1.165, 1.54) is 0 Å². The van der Waals surface area contributed by atoms with Gasteiger partial charge in [0.25, 0.3) is 0 Å². The van der Waals surface area contributed by atoms with E-state index in [0.717, 1.165) is 17.0 Å². The average molecular weight is 241 g/mol. The Hall–Kier alpha value is -1.06. The predicted molar refractivity (Wildman–Crippen MR) is 66.5 cm³/mol. The van der Waals surface area contributed by atoms with Crippen molar-refractivity contribution >= 4 is 17.5 Å². The van der Waals surface area contributed by atoms with Crippen molar-refractivity contribution in [3.8, 4) is 0 Å². The van der Waals surface area contributed by atoms with Crippen molar-refractivity contribution in [2.45, 2.75) is 12.8 Å². The molecule has 0 aliphatic carbocycles. The van der Waals surface area contributed by atoms with Crippen LogP contribution in [0.4, 0.5) is 0 Å². The summed E-state index contributed by atoms with van der Waals surface area (Å²) < 4.78 is 0. The van der Waals surface area contributed by atoms with Crippen LogP contribution >= 0.6 is 11.6 Å². The molecule has 0 radical (unpaired) electrons. The number of nitrogens with zero attached hydrogens (tertiary/aromatic N) is 1. The Morgan fingerprint density at radius 1 is 1.50 bits per heavy atom. The molecule has 0 heterocycles. The highest BCUT2D eigenvalue weighted by molar-refractivity contribution is 6.30. The first-order chi connectivity index (χ1) is 7.63. The van der Waals surface area contributed by atoms with Crippen molar-refractivity contribution < 1.29 is 4.79 Å². The van der Waals surface area contributed by atoms with Gasteiger partial charge < -0.3 is 10.6 Å². The maximum Gasteiger partial charge on any atom is 0.223 e. The zero-order valence-electron chi connectivity index (χ0n) is 9.45.